The smallest absolute Gasteiger partial charge is 0.259 e. The van der Waals surface area contributed by atoms with Gasteiger partial charge in [0.15, 0.2) is 0 Å². The largest absolute Gasteiger partial charge is 0.382 e. The summed E-state index contributed by atoms with van der Waals surface area (Å²) >= 11 is 0. The van der Waals surface area contributed by atoms with Gasteiger partial charge in [-0.05, 0) is 24.5 Å². The summed E-state index contributed by atoms with van der Waals surface area (Å²) in [4.78, 5) is 26.0. The topological polar surface area (TPSA) is 112 Å². The van der Waals surface area contributed by atoms with Crippen molar-refractivity contribution in [3.8, 4) is 0 Å². The number of benzene rings is 1. The molecule has 1 fully saturated rings. The summed E-state index contributed by atoms with van der Waals surface area (Å²) in [6.07, 6.45) is 6.31. The van der Waals surface area contributed by atoms with Gasteiger partial charge in [0.05, 0.1) is 23.4 Å². The van der Waals surface area contributed by atoms with Crippen LogP contribution >= 0.6 is 0 Å². The van der Waals surface area contributed by atoms with E-state index in [2.05, 4.69) is 10.3 Å². The number of carbonyl (C=O) groups excluding carboxylic acids is 1. The third-order valence-electron chi connectivity index (χ3n) is 4.55. The number of hydrogen-bond acceptors (Lipinski definition) is 4. The second kappa shape index (κ2) is 7.34. The molecule has 25 heavy (non-hydrogen) atoms. The van der Waals surface area contributed by atoms with E-state index in [1.807, 2.05) is 6.07 Å². The third-order valence-corrected chi connectivity index (χ3v) is 4.55. The Bertz CT molecular complexity index is 833. The average Bonchev–Trinajstić information content (AvgIpc) is 3.08. The molecule has 2 aromatic rings. The molecule has 3 rings (SSSR count). The highest BCUT2D eigenvalue weighted by Gasteiger charge is 2.19. The molecule has 6 heteroatoms. The fourth-order valence-electron chi connectivity index (χ4n) is 3.27. The van der Waals surface area contributed by atoms with E-state index in [4.69, 9.17) is 11.1 Å². The molecule has 1 amide bonds. The molecule has 6 nitrogen and oxygen atoms in total. The van der Waals surface area contributed by atoms with Crippen molar-refractivity contribution in [3.05, 3.63) is 63.6 Å². The number of carbonyl (C=O) groups is 1. The number of pyridine rings is 1. The minimum atomic E-state index is -0.398. The molecule has 0 atom stereocenters. The molecule has 1 heterocycles. The van der Waals surface area contributed by atoms with Crippen LogP contribution in [-0.4, -0.2) is 22.6 Å². The molecule has 0 bridgehead atoms. The van der Waals surface area contributed by atoms with E-state index in [9.17, 15) is 9.59 Å². The van der Waals surface area contributed by atoms with Crippen molar-refractivity contribution < 1.29 is 4.79 Å². The van der Waals surface area contributed by atoms with E-state index in [0.717, 1.165) is 18.4 Å². The first-order valence-corrected chi connectivity index (χ1v) is 8.49. The second-order valence-corrected chi connectivity index (χ2v) is 6.44. The summed E-state index contributed by atoms with van der Waals surface area (Å²) in [6.45, 7) is 0. The van der Waals surface area contributed by atoms with Crippen LogP contribution in [0.3, 0.4) is 0 Å². The Morgan fingerprint density at radius 3 is 2.52 bits per heavy atom. The predicted octanol–water partition coefficient (Wildman–Crippen LogP) is 2.17. The minimum Gasteiger partial charge on any atom is -0.382 e. The van der Waals surface area contributed by atoms with E-state index in [0.29, 0.717) is 22.9 Å². The van der Waals surface area contributed by atoms with Gasteiger partial charge in [-0.25, -0.2) is 0 Å². The Balaban J connectivity index is 1.88. The molecule has 1 saturated carbocycles. The van der Waals surface area contributed by atoms with Crippen LogP contribution in [-0.2, 0) is 11.2 Å². The van der Waals surface area contributed by atoms with Crippen molar-refractivity contribution in [1.29, 1.82) is 5.41 Å². The van der Waals surface area contributed by atoms with E-state index in [1.54, 1.807) is 30.5 Å². The Hall–Kier alpha value is -2.89. The average molecular weight is 338 g/mol. The highest BCUT2D eigenvalue weighted by Crippen LogP contribution is 2.24. The molecule has 0 radical (unpaired) electrons. The molecule has 130 valence electrons. The molecule has 0 spiro atoms. The number of amides is 1. The number of nitrogens with two attached hydrogens (primary N) is 1. The fraction of sp³-hybridized carbons (Fsp3) is 0.316. The number of aromatic amines is 1. The summed E-state index contributed by atoms with van der Waals surface area (Å²) in [5.41, 5.74) is 7.53. The van der Waals surface area contributed by atoms with Crippen molar-refractivity contribution in [1.82, 2.24) is 4.98 Å². The maximum Gasteiger partial charge on any atom is 0.259 e. The van der Waals surface area contributed by atoms with E-state index in [-0.39, 0.29) is 17.7 Å². The molecule has 1 aliphatic carbocycles. The van der Waals surface area contributed by atoms with Gasteiger partial charge in [-0.15, -0.1) is 0 Å². The lowest BCUT2D eigenvalue weighted by atomic mass is 10.00. The fourth-order valence-corrected chi connectivity index (χ4v) is 3.27. The number of nitrogens with one attached hydrogen (secondary N) is 3. The van der Waals surface area contributed by atoms with Crippen LogP contribution in [0.25, 0.3) is 0 Å². The Kier molecular flexibility index (Phi) is 4.97. The molecule has 1 aromatic heterocycles. The molecule has 1 aliphatic rings. The lowest BCUT2D eigenvalue weighted by Crippen LogP contribution is -2.24. The van der Waals surface area contributed by atoms with Gasteiger partial charge in [-0.2, -0.15) is 0 Å². The molecule has 1 aromatic carbocycles. The Labute approximate surface area is 146 Å². The minimum absolute atomic E-state index is 0.160. The number of anilines is 1. The number of aromatic nitrogens is 1. The Morgan fingerprint density at radius 1 is 1.20 bits per heavy atom. The number of H-pyrrole nitrogens is 1. The molecule has 0 unspecified atom stereocenters. The van der Waals surface area contributed by atoms with Crippen molar-refractivity contribution in [2.45, 2.75) is 38.1 Å². The molecular formula is C19H22N4O2. The van der Waals surface area contributed by atoms with Gasteiger partial charge in [-0.3, -0.25) is 15.0 Å². The van der Waals surface area contributed by atoms with Crippen LogP contribution in [0.5, 0.6) is 0 Å². The summed E-state index contributed by atoms with van der Waals surface area (Å²) < 4.78 is 0. The van der Waals surface area contributed by atoms with Gasteiger partial charge in [0.2, 0.25) is 5.91 Å². The van der Waals surface area contributed by atoms with Gasteiger partial charge >= 0.3 is 0 Å². The molecular weight excluding hydrogens is 316 g/mol. The highest BCUT2D eigenvalue weighted by atomic mass is 16.1. The normalized spacial score (nSPS) is 14.4. The van der Waals surface area contributed by atoms with Gasteiger partial charge in [-0.1, -0.05) is 37.1 Å². The molecule has 0 saturated heterocycles. The molecule has 0 aliphatic heterocycles. The number of primary amides is 1. The summed E-state index contributed by atoms with van der Waals surface area (Å²) in [5.74, 6) is -0.398. The maximum atomic E-state index is 12.3. The first-order valence-electron chi connectivity index (χ1n) is 8.49. The summed E-state index contributed by atoms with van der Waals surface area (Å²) in [7, 11) is 0. The summed E-state index contributed by atoms with van der Waals surface area (Å²) in [6, 6.07) is 9.17. The van der Waals surface area contributed by atoms with Crippen molar-refractivity contribution in [2.24, 2.45) is 5.73 Å². The van der Waals surface area contributed by atoms with Gasteiger partial charge in [0.1, 0.15) is 0 Å². The van der Waals surface area contributed by atoms with E-state index >= 15 is 0 Å². The second-order valence-electron chi connectivity index (χ2n) is 6.44. The molecule has 5 N–H and O–H groups in total. The van der Waals surface area contributed by atoms with Crippen LogP contribution < -0.4 is 16.6 Å². The number of rotatable bonds is 6. The predicted molar refractivity (Wildman–Crippen MR) is 98.2 cm³/mol. The van der Waals surface area contributed by atoms with Crippen LogP contribution in [0.2, 0.25) is 0 Å². The SMILES string of the molecule is N=C(c1ccc(CC(N)=O)cc1)c1c(NC2CCCC2)cc[nH]c1=O. The third kappa shape index (κ3) is 3.96. The zero-order valence-electron chi connectivity index (χ0n) is 14.0. The van der Waals surface area contributed by atoms with Crippen LogP contribution in [0.4, 0.5) is 5.69 Å². The quantitative estimate of drug-likeness (QED) is 0.606. The zero-order chi connectivity index (χ0) is 17.8. The van der Waals surface area contributed by atoms with E-state index < -0.39 is 5.91 Å². The number of hydrogen-bond donors (Lipinski definition) is 4. The van der Waals surface area contributed by atoms with Gasteiger partial charge in [0, 0.05) is 17.8 Å². The van der Waals surface area contributed by atoms with Crippen LogP contribution in [0.1, 0.15) is 42.4 Å². The monoisotopic (exact) mass is 338 g/mol. The highest BCUT2D eigenvalue weighted by molar-refractivity contribution is 6.13. The zero-order valence-corrected chi connectivity index (χ0v) is 14.0. The first-order chi connectivity index (χ1) is 12.0. The standard InChI is InChI=1S/C19H22N4O2/c20-16(24)11-12-5-7-13(8-6-12)18(21)17-15(9-10-22-19(17)25)23-14-3-1-2-4-14/h5-10,14,21H,1-4,11H2,(H2,20,24)(H2,22,23,25). The summed E-state index contributed by atoms with van der Waals surface area (Å²) in [5, 5.41) is 11.9. The van der Waals surface area contributed by atoms with Crippen molar-refractivity contribution in [3.63, 3.8) is 0 Å². The van der Waals surface area contributed by atoms with Gasteiger partial charge < -0.3 is 16.0 Å². The van der Waals surface area contributed by atoms with Crippen molar-refractivity contribution in [2.75, 3.05) is 5.32 Å². The maximum absolute atomic E-state index is 12.3. The van der Waals surface area contributed by atoms with Gasteiger partial charge in [0.25, 0.3) is 5.56 Å². The Morgan fingerprint density at radius 2 is 1.88 bits per heavy atom. The van der Waals surface area contributed by atoms with E-state index in [1.165, 1.54) is 12.8 Å². The van der Waals surface area contributed by atoms with Crippen LogP contribution in [0, 0.1) is 5.41 Å². The van der Waals surface area contributed by atoms with Crippen molar-refractivity contribution >= 4 is 17.3 Å². The lowest BCUT2D eigenvalue weighted by molar-refractivity contribution is -0.117. The van der Waals surface area contributed by atoms with Crippen LogP contribution in [0.15, 0.2) is 41.3 Å². The first kappa shape index (κ1) is 17.0. The lowest BCUT2D eigenvalue weighted by Gasteiger charge is -2.17.